The number of benzene rings is 1. The van der Waals surface area contributed by atoms with E-state index in [9.17, 15) is 4.39 Å². The predicted molar refractivity (Wildman–Crippen MR) is 74.4 cm³/mol. The Morgan fingerprint density at radius 2 is 1.76 bits per heavy atom. The van der Waals surface area contributed by atoms with Crippen molar-refractivity contribution in [3.63, 3.8) is 0 Å². The highest BCUT2D eigenvalue weighted by molar-refractivity contribution is 5.36. The first-order valence-corrected chi connectivity index (χ1v) is 6.24. The lowest BCUT2D eigenvalue weighted by atomic mass is 10.2. The van der Waals surface area contributed by atoms with E-state index in [1.807, 2.05) is 0 Å². The van der Waals surface area contributed by atoms with Crippen LogP contribution in [0, 0.1) is 5.82 Å². The van der Waals surface area contributed by atoms with Gasteiger partial charge in [0.1, 0.15) is 11.6 Å². The van der Waals surface area contributed by atoms with Gasteiger partial charge in [0.25, 0.3) is 0 Å². The maximum Gasteiger partial charge on any atom is 0.328 e. The highest BCUT2D eigenvalue weighted by Crippen LogP contribution is 2.27. The topological polar surface area (TPSA) is 65.5 Å². The number of ether oxygens (including phenoxy) is 3. The Morgan fingerprint density at radius 3 is 2.33 bits per heavy atom. The van der Waals surface area contributed by atoms with Crippen molar-refractivity contribution in [2.24, 2.45) is 0 Å². The number of hydrogen-bond donors (Lipinski definition) is 1. The number of nitrogens with one attached hydrogen (secondary N) is 1. The van der Waals surface area contributed by atoms with Gasteiger partial charge in [0.05, 0.1) is 20.3 Å². The van der Waals surface area contributed by atoms with Crippen molar-refractivity contribution in [2.45, 2.75) is 6.54 Å². The first-order chi connectivity index (χ1) is 10.2. The van der Waals surface area contributed by atoms with Gasteiger partial charge in [-0.3, -0.25) is 0 Å². The van der Waals surface area contributed by atoms with Gasteiger partial charge in [-0.05, 0) is 25.2 Å². The van der Waals surface area contributed by atoms with E-state index in [0.29, 0.717) is 29.6 Å². The van der Waals surface area contributed by atoms with Crippen molar-refractivity contribution >= 4 is 0 Å². The van der Waals surface area contributed by atoms with Gasteiger partial charge < -0.3 is 19.5 Å². The molecule has 0 aliphatic heterocycles. The SMILES string of the molecule is CNCc1cc(F)ccc1Oc1nc(OC)cc(OC)n1. The molecule has 0 spiro atoms. The summed E-state index contributed by atoms with van der Waals surface area (Å²) in [5.41, 5.74) is 0.655. The second kappa shape index (κ2) is 6.85. The molecule has 0 atom stereocenters. The molecule has 0 saturated carbocycles. The molecule has 0 radical (unpaired) electrons. The number of halogens is 1. The standard InChI is InChI=1S/C14H16FN3O3/c1-16-8-9-6-10(15)4-5-11(9)21-14-17-12(19-2)7-13(18-14)20-3/h4-7,16H,8H2,1-3H3. The summed E-state index contributed by atoms with van der Waals surface area (Å²) in [5, 5.41) is 2.95. The van der Waals surface area contributed by atoms with Crippen LogP contribution in [0.2, 0.25) is 0 Å². The second-order valence-electron chi connectivity index (χ2n) is 4.12. The molecule has 7 heteroatoms. The third-order valence-corrected chi connectivity index (χ3v) is 2.67. The van der Waals surface area contributed by atoms with Crippen molar-refractivity contribution in [2.75, 3.05) is 21.3 Å². The molecular formula is C14H16FN3O3. The first kappa shape index (κ1) is 15.0. The Bertz CT molecular complexity index is 600. The number of methoxy groups -OCH3 is 2. The van der Waals surface area contributed by atoms with Crippen LogP contribution < -0.4 is 19.5 Å². The zero-order valence-electron chi connectivity index (χ0n) is 12.0. The van der Waals surface area contributed by atoms with E-state index in [2.05, 4.69) is 15.3 Å². The van der Waals surface area contributed by atoms with Crippen LogP contribution in [-0.2, 0) is 6.54 Å². The van der Waals surface area contributed by atoms with Gasteiger partial charge in [0, 0.05) is 12.1 Å². The summed E-state index contributed by atoms with van der Waals surface area (Å²) in [6.45, 7) is 0.453. The molecule has 0 amide bonds. The number of nitrogens with zero attached hydrogens (tertiary/aromatic N) is 2. The summed E-state index contributed by atoms with van der Waals surface area (Å²) in [6.07, 6.45) is 0. The summed E-state index contributed by atoms with van der Waals surface area (Å²) >= 11 is 0. The van der Waals surface area contributed by atoms with Crippen LogP contribution in [0.25, 0.3) is 0 Å². The minimum absolute atomic E-state index is 0.0650. The third-order valence-electron chi connectivity index (χ3n) is 2.67. The molecule has 0 unspecified atom stereocenters. The largest absolute Gasteiger partial charge is 0.481 e. The molecule has 1 heterocycles. The Morgan fingerprint density at radius 1 is 1.10 bits per heavy atom. The maximum atomic E-state index is 13.3. The van der Waals surface area contributed by atoms with Gasteiger partial charge in [0.2, 0.25) is 11.8 Å². The lowest BCUT2D eigenvalue weighted by Gasteiger charge is -2.11. The highest BCUT2D eigenvalue weighted by Gasteiger charge is 2.11. The zero-order valence-corrected chi connectivity index (χ0v) is 12.0. The molecule has 0 bridgehead atoms. The molecule has 6 nitrogen and oxygen atoms in total. The summed E-state index contributed by atoms with van der Waals surface area (Å²) in [6, 6.07) is 5.83. The van der Waals surface area contributed by atoms with Crippen LogP contribution in [0.3, 0.4) is 0 Å². The van der Waals surface area contributed by atoms with E-state index in [-0.39, 0.29) is 11.8 Å². The van der Waals surface area contributed by atoms with Crippen LogP contribution in [0.5, 0.6) is 23.5 Å². The fraction of sp³-hybridized carbons (Fsp3) is 0.286. The summed E-state index contributed by atoms with van der Waals surface area (Å²) in [7, 11) is 4.73. The Hall–Kier alpha value is -2.41. The minimum atomic E-state index is -0.336. The summed E-state index contributed by atoms with van der Waals surface area (Å²) in [4.78, 5) is 8.14. The van der Waals surface area contributed by atoms with Crippen LogP contribution in [0.4, 0.5) is 4.39 Å². The van der Waals surface area contributed by atoms with Gasteiger partial charge in [-0.2, -0.15) is 9.97 Å². The summed E-state index contributed by atoms with van der Waals surface area (Å²) < 4.78 is 29.0. The average Bonchev–Trinajstić information content (AvgIpc) is 2.50. The first-order valence-electron chi connectivity index (χ1n) is 6.24. The van der Waals surface area contributed by atoms with Crippen LogP contribution in [0.1, 0.15) is 5.56 Å². The Kier molecular flexibility index (Phi) is 4.89. The molecule has 0 saturated heterocycles. The van der Waals surface area contributed by atoms with E-state index < -0.39 is 0 Å². The van der Waals surface area contributed by atoms with Crippen LogP contribution >= 0.6 is 0 Å². The van der Waals surface area contributed by atoms with Crippen LogP contribution in [0.15, 0.2) is 24.3 Å². The fourth-order valence-electron chi connectivity index (χ4n) is 1.71. The maximum absolute atomic E-state index is 13.3. The monoisotopic (exact) mass is 293 g/mol. The molecule has 0 aliphatic rings. The van der Waals surface area contributed by atoms with E-state index in [1.54, 1.807) is 7.05 Å². The van der Waals surface area contributed by atoms with Gasteiger partial charge in [-0.15, -0.1) is 0 Å². The average molecular weight is 293 g/mol. The van der Waals surface area contributed by atoms with E-state index in [1.165, 1.54) is 38.5 Å². The molecule has 1 aromatic heterocycles. The predicted octanol–water partition coefficient (Wildman–Crippen LogP) is 2.14. The smallest absolute Gasteiger partial charge is 0.328 e. The van der Waals surface area contributed by atoms with Crippen molar-refractivity contribution < 1.29 is 18.6 Å². The van der Waals surface area contributed by atoms with E-state index >= 15 is 0 Å². The summed E-state index contributed by atoms with van der Waals surface area (Å²) in [5.74, 6) is 0.751. The third kappa shape index (κ3) is 3.79. The van der Waals surface area contributed by atoms with Crippen LogP contribution in [-0.4, -0.2) is 31.2 Å². The normalized spacial score (nSPS) is 10.3. The van der Waals surface area contributed by atoms with Gasteiger partial charge in [0.15, 0.2) is 0 Å². The van der Waals surface area contributed by atoms with E-state index in [4.69, 9.17) is 14.2 Å². The molecule has 2 aromatic rings. The molecule has 112 valence electrons. The Labute approximate surface area is 121 Å². The number of hydrogen-bond acceptors (Lipinski definition) is 6. The lowest BCUT2D eigenvalue weighted by molar-refractivity contribution is 0.347. The van der Waals surface area contributed by atoms with Gasteiger partial charge in [-0.1, -0.05) is 0 Å². The Balaban J connectivity index is 2.33. The molecule has 1 N–H and O–H groups in total. The molecule has 21 heavy (non-hydrogen) atoms. The van der Waals surface area contributed by atoms with E-state index in [0.717, 1.165) is 0 Å². The molecule has 0 fully saturated rings. The number of rotatable bonds is 6. The highest BCUT2D eigenvalue weighted by atomic mass is 19.1. The molecule has 0 aliphatic carbocycles. The quantitative estimate of drug-likeness (QED) is 0.880. The fourth-order valence-corrected chi connectivity index (χ4v) is 1.71. The van der Waals surface area contributed by atoms with Crippen molar-refractivity contribution in [3.05, 3.63) is 35.6 Å². The minimum Gasteiger partial charge on any atom is -0.481 e. The van der Waals surface area contributed by atoms with Crippen molar-refractivity contribution in [1.82, 2.24) is 15.3 Å². The van der Waals surface area contributed by atoms with Gasteiger partial charge in [-0.25, -0.2) is 4.39 Å². The van der Waals surface area contributed by atoms with Crippen molar-refractivity contribution in [3.8, 4) is 23.5 Å². The number of aromatic nitrogens is 2. The molecule has 1 aromatic carbocycles. The molecular weight excluding hydrogens is 277 g/mol. The molecule has 2 rings (SSSR count). The van der Waals surface area contributed by atoms with Gasteiger partial charge >= 0.3 is 6.01 Å². The van der Waals surface area contributed by atoms with Crippen molar-refractivity contribution in [1.29, 1.82) is 0 Å². The second-order valence-corrected chi connectivity index (χ2v) is 4.12. The zero-order chi connectivity index (χ0) is 15.2. The lowest BCUT2D eigenvalue weighted by Crippen LogP contribution is -2.07.